The van der Waals surface area contributed by atoms with Gasteiger partial charge in [-0.2, -0.15) is 0 Å². The smallest absolute Gasteiger partial charge is 0.170 e. The molecule has 3 heteroatoms. The maximum Gasteiger partial charge on any atom is 0.170 e. The van der Waals surface area contributed by atoms with E-state index in [1.807, 2.05) is 0 Å². The lowest BCUT2D eigenvalue weighted by molar-refractivity contribution is 0.409. The molecule has 1 rings (SSSR count). The van der Waals surface area contributed by atoms with Crippen LogP contribution in [0.1, 0.15) is 71.4 Å². The average Bonchev–Trinajstić information content (AvgIpc) is 2.35. The molecule has 0 aromatic heterocycles. The van der Waals surface area contributed by atoms with Crippen molar-refractivity contribution in [2.24, 2.45) is 5.41 Å². The van der Waals surface area contributed by atoms with Crippen LogP contribution in [-0.2, 0) is 0 Å². The topological polar surface area (TPSA) is 24.1 Å². The van der Waals surface area contributed by atoms with E-state index in [0.717, 1.165) is 6.54 Å². The lowest BCUT2D eigenvalue weighted by atomic mass is 9.93. The van der Waals surface area contributed by atoms with Crippen LogP contribution in [0.3, 0.4) is 0 Å². The van der Waals surface area contributed by atoms with Gasteiger partial charge in [-0.25, -0.2) is 0 Å². The molecule has 0 bridgehead atoms. The quantitative estimate of drug-likeness (QED) is 0.741. The highest BCUT2D eigenvalue weighted by molar-refractivity contribution is 7.80. The minimum atomic E-state index is 0.212. The molecule has 1 aromatic carbocycles. The van der Waals surface area contributed by atoms with Crippen LogP contribution in [0.25, 0.3) is 0 Å². The van der Waals surface area contributed by atoms with Crippen LogP contribution in [0.2, 0.25) is 0 Å². The van der Waals surface area contributed by atoms with Crippen molar-refractivity contribution in [1.82, 2.24) is 5.32 Å². The van der Waals surface area contributed by atoms with Crippen molar-refractivity contribution in [3.63, 3.8) is 0 Å². The standard InChI is InChI=1S/C18H30N2S/c1-12(2)14-9-8-10-15(13(3)4)16(14)20-17(21)19-11-18(5,6)7/h8-10,12-13H,11H2,1-7H3,(H2,19,20,21). The van der Waals surface area contributed by atoms with Gasteiger partial charge in [-0.1, -0.05) is 66.7 Å². The molecule has 0 saturated carbocycles. The maximum atomic E-state index is 5.47. The third-order valence-electron chi connectivity index (χ3n) is 3.39. The first kappa shape index (κ1) is 18.0. The molecule has 0 spiro atoms. The Morgan fingerprint density at radius 3 is 1.90 bits per heavy atom. The fourth-order valence-corrected chi connectivity index (χ4v) is 2.37. The first-order chi connectivity index (χ1) is 9.61. The molecule has 0 aliphatic carbocycles. The van der Waals surface area contributed by atoms with Gasteiger partial charge in [-0.15, -0.1) is 0 Å². The molecule has 0 atom stereocenters. The molecule has 0 saturated heterocycles. The monoisotopic (exact) mass is 306 g/mol. The van der Waals surface area contributed by atoms with Gasteiger partial charge < -0.3 is 10.6 Å². The van der Waals surface area contributed by atoms with Crippen LogP contribution in [0.15, 0.2) is 18.2 Å². The van der Waals surface area contributed by atoms with E-state index in [4.69, 9.17) is 12.2 Å². The highest BCUT2D eigenvalue weighted by atomic mass is 32.1. The van der Waals surface area contributed by atoms with Gasteiger partial charge in [0.05, 0.1) is 0 Å². The first-order valence-corrected chi connectivity index (χ1v) is 8.20. The molecule has 0 aliphatic rings. The number of rotatable bonds is 4. The molecule has 2 N–H and O–H groups in total. The van der Waals surface area contributed by atoms with Crippen LogP contribution >= 0.6 is 12.2 Å². The highest BCUT2D eigenvalue weighted by Crippen LogP contribution is 2.32. The van der Waals surface area contributed by atoms with Crippen LogP contribution in [0.5, 0.6) is 0 Å². The number of anilines is 1. The van der Waals surface area contributed by atoms with Gasteiger partial charge in [0.2, 0.25) is 0 Å². The Bertz CT molecular complexity index is 458. The second-order valence-corrected chi connectivity index (χ2v) is 7.90. The van der Waals surface area contributed by atoms with Gasteiger partial charge in [-0.05, 0) is 40.6 Å². The number of hydrogen-bond donors (Lipinski definition) is 2. The molecular weight excluding hydrogens is 276 g/mol. The largest absolute Gasteiger partial charge is 0.362 e. The van der Waals surface area contributed by atoms with E-state index in [1.165, 1.54) is 16.8 Å². The van der Waals surface area contributed by atoms with Gasteiger partial charge in [-0.3, -0.25) is 0 Å². The van der Waals surface area contributed by atoms with E-state index in [9.17, 15) is 0 Å². The van der Waals surface area contributed by atoms with Crippen LogP contribution in [0, 0.1) is 5.41 Å². The Labute approximate surface area is 135 Å². The lowest BCUT2D eigenvalue weighted by Crippen LogP contribution is -2.35. The zero-order valence-electron chi connectivity index (χ0n) is 14.5. The molecule has 2 nitrogen and oxygen atoms in total. The Morgan fingerprint density at radius 2 is 1.52 bits per heavy atom. The van der Waals surface area contributed by atoms with Gasteiger partial charge in [0, 0.05) is 12.2 Å². The predicted molar refractivity (Wildman–Crippen MR) is 98.3 cm³/mol. The summed E-state index contributed by atoms with van der Waals surface area (Å²) >= 11 is 5.47. The Morgan fingerprint density at radius 1 is 1.05 bits per heavy atom. The van der Waals surface area contributed by atoms with E-state index in [0.29, 0.717) is 16.9 Å². The van der Waals surface area contributed by atoms with Crippen LogP contribution in [-0.4, -0.2) is 11.7 Å². The van der Waals surface area contributed by atoms with Gasteiger partial charge in [0.25, 0.3) is 0 Å². The number of benzene rings is 1. The maximum absolute atomic E-state index is 5.47. The molecule has 21 heavy (non-hydrogen) atoms. The second-order valence-electron chi connectivity index (χ2n) is 7.49. The first-order valence-electron chi connectivity index (χ1n) is 7.79. The predicted octanol–water partition coefficient (Wildman–Crippen LogP) is 5.27. The van der Waals surface area contributed by atoms with Crippen LogP contribution in [0.4, 0.5) is 5.69 Å². The second kappa shape index (κ2) is 7.26. The number of para-hydroxylation sites is 1. The fourth-order valence-electron chi connectivity index (χ4n) is 2.20. The molecule has 0 radical (unpaired) electrons. The van der Waals surface area contributed by atoms with Crippen molar-refractivity contribution in [2.75, 3.05) is 11.9 Å². The summed E-state index contributed by atoms with van der Waals surface area (Å²) in [6, 6.07) is 6.51. The summed E-state index contributed by atoms with van der Waals surface area (Å²) in [4.78, 5) is 0. The van der Waals surface area contributed by atoms with Crippen molar-refractivity contribution < 1.29 is 0 Å². The Kier molecular flexibility index (Phi) is 6.21. The van der Waals surface area contributed by atoms with Crippen molar-refractivity contribution in [2.45, 2.75) is 60.3 Å². The Balaban J connectivity index is 2.97. The summed E-state index contributed by atoms with van der Waals surface area (Å²) in [6.07, 6.45) is 0. The summed E-state index contributed by atoms with van der Waals surface area (Å²) in [5, 5.41) is 7.47. The third kappa shape index (κ3) is 5.66. The normalized spacial score (nSPS) is 11.9. The third-order valence-corrected chi connectivity index (χ3v) is 3.64. The molecule has 0 unspecified atom stereocenters. The molecular formula is C18H30N2S. The zero-order valence-corrected chi connectivity index (χ0v) is 15.3. The summed E-state index contributed by atoms with van der Waals surface area (Å²) in [7, 11) is 0. The zero-order chi connectivity index (χ0) is 16.2. The molecule has 0 aliphatic heterocycles. The molecule has 0 fully saturated rings. The van der Waals surface area contributed by atoms with E-state index in [2.05, 4.69) is 77.3 Å². The number of hydrogen-bond acceptors (Lipinski definition) is 1. The summed E-state index contributed by atoms with van der Waals surface area (Å²) in [5.74, 6) is 0.938. The number of thiocarbonyl (C=S) groups is 1. The van der Waals surface area contributed by atoms with Crippen molar-refractivity contribution >= 4 is 23.0 Å². The Hall–Kier alpha value is -1.09. The highest BCUT2D eigenvalue weighted by Gasteiger charge is 2.15. The van der Waals surface area contributed by atoms with Crippen LogP contribution < -0.4 is 10.6 Å². The lowest BCUT2D eigenvalue weighted by Gasteiger charge is -2.24. The summed E-state index contributed by atoms with van der Waals surface area (Å²) < 4.78 is 0. The molecule has 118 valence electrons. The van der Waals surface area contributed by atoms with Gasteiger partial charge in [0.15, 0.2) is 5.11 Å². The van der Waals surface area contributed by atoms with Crippen molar-refractivity contribution in [1.29, 1.82) is 0 Å². The van der Waals surface area contributed by atoms with Gasteiger partial charge in [0.1, 0.15) is 0 Å². The van der Waals surface area contributed by atoms with Crippen molar-refractivity contribution in [3.05, 3.63) is 29.3 Å². The molecule has 0 amide bonds. The SMILES string of the molecule is CC(C)c1cccc(C(C)C)c1NC(=S)NCC(C)(C)C. The molecule has 1 aromatic rings. The summed E-state index contributed by atoms with van der Waals surface area (Å²) in [5.41, 5.74) is 4.03. The minimum absolute atomic E-state index is 0.212. The fraction of sp³-hybridized carbons (Fsp3) is 0.611. The van der Waals surface area contributed by atoms with E-state index in [-0.39, 0.29) is 5.41 Å². The van der Waals surface area contributed by atoms with E-state index in [1.54, 1.807) is 0 Å². The minimum Gasteiger partial charge on any atom is -0.362 e. The summed E-state index contributed by atoms with van der Waals surface area (Å²) in [6.45, 7) is 16.3. The average molecular weight is 307 g/mol. The van der Waals surface area contributed by atoms with E-state index >= 15 is 0 Å². The van der Waals surface area contributed by atoms with E-state index < -0.39 is 0 Å². The van der Waals surface area contributed by atoms with Crippen molar-refractivity contribution in [3.8, 4) is 0 Å². The number of nitrogens with one attached hydrogen (secondary N) is 2. The van der Waals surface area contributed by atoms with Gasteiger partial charge >= 0.3 is 0 Å². The molecule has 0 heterocycles.